The van der Waals surface area contributed by atoms with Gasteiger partial charge in [0, 0.05) is 23.8 Å². The van der Waals surface area contributed by atoms with Gasteiger partial charge in [-0.2, -0.15) is 4.98 Å². The van der Waals surface area contributed by atoms with Crippen molar-refractivity contribution in [3.63, 3.8) is 0 Å². The van der Waals surface area contributed by atoms with Crippen LogP contribution in [-0.4, -0.2) is 40.5 Å². The molecule has 7 heteroatoms. The molecule has 0 radical (unpaired) electrons. The van der Waals surface area contributed by atoms with Crippen LogP contribution < -0.4 is 10.1 Å². The summed E-state index contributed by atoms with van der Waals surface area (Å²) < 4.78 is 12.8. The molecule has 0 saturated heterocycles. The van der Waals surface area contributed by atoms with E-state index in [0.29, 0.717) is 31.7 Å². The van der Waals surface area contributed by atoms with Gasteiger partial charge in [-0.3, -0.25) is 4.79 Å². The first kappa shape index (κ1) is 20.1. The Morgan fingerprint density at radius 1 is 1.13 bits per heavy atom. The van der Waals surface area contributed by atoms with Gasteiger partial charge in [0.2, 0.25) is 5.91 Å². The fraction of sp³-hybridized carbons (Fsp3) is 0.348. The minimum atomic E-state index is 0.0917. The maximum atomic E-state index is 12.0. The zero-order chi connectivity index (χ0) is 20.9. The molecule has 1 aliphatic rings. The first-order valence-electron chi connectivity index (χ1n) is 10.3. The SMILES string of the molecule is CCOCCOc1nc(-c2ccccc2C)n(-c2ccc(NC(=O)C3CC3)cc2)n1. The molecule has 3 aromatic rings. The first-order chi connectivity index (χ1) is 14.7. The minimum Gasteiger partial charge on any atom is -0.460 e. The van der Waals surface area contributed by atoms with Gasteiger partial charge in [0.15, 0.2) is 5.82 Å². The minimum absolute atomic E-state index is 0.0917. The number of anilines is 1. The molecule has 0 aliphatic heterocycles. The number of aryl methyl sites for hydroxylation is 1. The second-order valence-electron chi connectivity index (χ2n) is 7.30. The number of nitrogens with zero attached hydrogens (tertiary/aromatic N) is 3. The number of rotatable bonds is 9. The smallest absolute Gasteiger partial charge is 0.336 e. The maximum absolute atomic E-state index is 12.0. The molecule has 0 unspecified atom stereocenters. The Hall–Kier alpha value is -3.19. The fourth-order valence-electron chi connectivity index (χ4n) is 3.14. The molecule has 1 heterocycles. The second kappa shape index (κ2) is 9.09. The maximum Gasteiger partial charge on any atom is 0.336 e. The third kappa shape index (κ3) is 4.68. The van der Waals surface area contributed by atoms with Crippen molar-refractivity contribution in [2.75, 3.05) is 25.1 Å². The Morgan fingerprint density at radius 2 is 1.90 bits per heavy atom. The van der Waals surface area contributed by atoms with Gasteiger partial charge in [-0.05, 0) is 56.5 Å². The van der Waals surface area contributed by atoms with Gasteiger partial charge < -0.3 is 14.8 Å². The monoisotopic (exact) mass is 406 g/mol. The lowest BCUT2D eigenvalue weighted by Crippen LogP contribution is -2.13. The highest BCUT2D eigenvalue weighted by Crippen LogP contribution is 2.31. The largest absolute Gasteiger partial charge is 0.460 e. The van der Waals surface area contributed by atoms with E-state index in [2.05, 4.69) is 15.4 Å². The van der Waals surface area contributed by atoms with Gasteiger partial charge in [0.05, 0.1) is 12.3 Å². The van der Waals surface area contributed by atoms with Gasteiger partial charge >= 0.3 is 6.01 Å². The Morgan fingerprint density at radius 3 is 2.60 bits per heavy atom. The Balaban J connectivity index is 1.60. The number of ether oxygens (including phenoxy) is 2. The summed E-state index contributed by atoms with van der Waals surface area (Å²) in [5.74, 6) is 0.965. The van der Waals surface area contributed by atoms with Gasteiger partial charge in [0.1, 0.15) is 6.61 Å². The third-order valence-corrected chi connectivity index (χ3v) is 4.96. The van der Waals surface area contributed by atoms with Crippen LogP contribution in [0.4, 0.5) is 5.69 Å². The molecule has 0 spiro atoms. The summed E-state index contributed by atoms with van der Waals surface area (Å²) >= 11 is 0. The average Bonchev–Trinajstić information content (AvgIpc) is 3.53. The molecule has 0 bridgehead atoms. The van der Waals surface area contributed by atoms with Crippen molar-refractivity contribution in [1.29, 1.82) is 0 Å². The van der Waals surface area contributed by atoms with Crippen molar-refractivity contribution in [2.24, 2.45) is 5.92 Å². The second-order valence-corrected chi connectivity index (χ2v) is 7.30. The number of carbonyl (C=O) groups is 1. The molecule has 1 aromatic heterocycles. The predicted octanol–water partition coefficient (Wildman–Crippen LogP) is 4.01. The summed E-state index contributed by atoms with van der Waals surface area (Å²) in [4.78, 5) is 16.6. The molecule has 1 fully saturated rings. The molecule has 1 saturated carbocycles. The van der Waals surface area contributed by atoms with E-state index in [1.807, 2.05) is 62.4 Å². The molecular formula is C23H26N4O3. The van der Waals surface area contributed by atoms with E-state index < -0.39 is 0 Å². The number of hydrogen-bond donors (Lipinski definition) is 1. The van der Waals surface area contributed by atoms with Crippen LogP contribution in [0.5, 0.6) is 6.01 Å². The molecule has 2 aromatic carbocycles. The van der Waals surface area contributed by atoms with Crippen molar-refractivity contribution < 1.29 is 14.3 Å². The highest BCUT2D eigenvalue weighted by atomic mass is 16.5. The van der Waals surface area contributed by atoms with Gasteiger partial charge in [-0.25, -0.2) is 4.68 Å². The summed E-state index contributed by atoms with van der Waals surface area (Å²) in [6.07, 6.45) is 1.96. The van der Waals surface area contributed by atoms with Gasteiger partial charge in [-0.1, -0.05) is 24.3 Å². The van der Waals surface area contributed by atoms with Gasteiger partial charge in [0.25, 0.3) is 0 Å². The van der Waals surface area contributed by atoms with Crippen LogP contribution in [0.15, 0.2) is 48.5 Å². The molecule has 1 amide bonds. The fourth-order valence-corrected chi connectivity index (χ4v) is 3.14. The number of hydrogen-bond acceptors (Lipinski definition) is 5. The summed E-state index contributed by atoms with van der Waals surface area (Å²) in [5, 5.41) is 7.53. The van der Waals surface area contributed by atoms with E-state index in [1.165, 1.54) is 0 Å². The topological polar surface area (TPSA) is 78.3 Å². The predicted molar refractivity (Wildman–Crippen MR) is 115 cm³/mol. The summed E-state index contributed by atoms with van der Waals surface area (Å²) in [5.41, 5.74) is 3.70. The highest BCUT2D eigenvalue weighted by molar-refractivity contribution is 5.94. The van der Waals surface area contributed by atoms with Crippen LogP contribution in [0.2, 0.25) is 0 Å². The molecule has 0 atom stereocenters. The normalized spacial score (nSPS) is 13.3. The summed E-state index contributed by atoms with van der Waals surface area (Å²) in [7, 11) is 0. The van der Waals surface area contributed by atoms with Crippen LogP contribution in [0, 0.1) is 12.8 Å². The first-order valence-corrected chi connectivity index (χ1v) is 10.3. The Bertz CT molecular complexity index is 1010. The Labute approximate surface area is 176 Å². The molecule has 7 nitrogen and oxygen atoms in total. The number of nitrogens with one attached hydrogen (secondary N) is 1. The summed E-state index contributed by atoms with van der Waals surface area (Å²) in [6, 6.07) is 15.9. The zero-order valence-corrected chi connectivity index (χ0v) is 17.3. The number of benzene rings is 2. The molecule has 4 rings (SSSR count). The van der Waals surface area contributed by atoms with Gasteiger partial charge in [-0.15, -0.1) is 5.10 Å². The Kier molecular flexibility index (Phi) is 6.09. The molecule has 30 heavy (non-hydrogen) atoms. The van der Waals surface area contributed by atoms with Crippen molar-refractivity contribution in [2.45, 2.75) is 26.7 Å². The lowest BCUT2D eigenvalue weighted by molar-refractivity contribution is -0.117. The number of amides is 1. The van der Waals surface area contributed by atoms with Crippen LogP contribution in [0.25, 0.3) is 17.1 Å². The van der Waals surface area contributed by atoms with Crippen molar-refractivity contribution in [3.05, 3.63) is 54.1 Å². The van der Waals surface area contributed by atoms with E-state index in [9.17, 15) is 4.79 Å². The van der Waals surface area contributed by atoms with Crippen LogP contribution in [0.3, 0.4) is 0 Å². The van der Waals surface area contributed by atoms with Crippen molar-refractivity contribution in [3.8, 4) is 23.1 Å². The molecule has 156 valence electrons. The van der Waals surface area contributed by atoms with Crippen LogP contribution >= 0.6 is 0 Å². The number of carbonyl (C=O) groups excluding carboxylic acids is 1. The van der Waals surface area contributed by atoms with Crippen molar-refractivity contribution >= 4 is 11.6 Å². The van der Waals surface area contributed by atoms with E-state index >= 15 is 0 Å². The highest BCUT2D eigenvalue weighted by Gasteiger charge is 2.29. The standard InChI is InChI=1S/C23H26N4O3/c1-3-29-14-15-30-23-25-21(20-7-5-4-6-16(20)2)27(26-23)19-12-10-18(11-13-19)24-22(28)17-8-9-17/h4-7,10-13,17H,3,8-9,14-15H2,1-2H3,(H,24,28). The lowest BCUT2D eigenvalue weighted by Gasteiger charge is -2.09. The van der Waals surface area contributed by atoms with Crippen LogP contribution in [0.1, 0.15) is 25.3 Å². The molecular weight excluding hydrogens is 380 g/mol. The quantitative estimate of drug-likeness (QED) is 0.543. The van der Waals surface area contributed by atoms with Crippen LogP contribution in [-0.2, 0) is 9.53 Å². The molecule has 1 aliphatic carbocycles. The third-order valence-electron chi connectivity index (χ3n) is 4.96. The lowest BCUT2D eigenvalue weighted by atomic mass is 10.1. The summed E-state index contributed by atoms with van der Waals surface area (Å²) in [6.45, 7) is 5.50. The van der Waals surface area contributed by atoms with E-state index in [4.69, 9.17) is 9.47 Å². The van der Waals surface area contributed by atoms with E-state index in [1.54, 1.807) is 4.68 Å². The molecule has 1 N–H and O–H groups in total. The van der Waals surface area contributed by atoms with E-state index in [0.717, 1.165) is 35.3 Å². The number of aromatic nitrogens is 3. The average molecular weight is 406 g/mol. The van der Waals surface area contributed by atoms with Crippen molar-refractivity contribution in [1.82, 2.24) is 14.8 Å². The van der Waals surface area contributed by atoms with E-state index in [-0.39, 0.29) is 11.8 Å². The zero-order valence-electron chi connectivity index (χ0n) is 17.3.